The maximum absolute atomic E-state index is 5.97. The molecule has 0 bridgehead atoms. The van der Waals surface area contributed by atoms with Crippen molar-refractivity contribution >= 4 is 37.0 Å². The van der Waals surface area contributed by atoms with Gasteiger partial charge in [0.2, 0.25) is 0 Å². The van der Waals surface area contributed by atoms with Gasteiger partial charge in [-0.15, -0.1) is 0 Å². The lowest BCUT2D eigenvalue weighted by Gasteiger charge is -2.13. The number of nitrogens with one attached hydrogen (secondary N) is 1. The van der Waals surface area contributed by atoms with Gasteiger partial charge in [-0.3, -0.25) is 0 Å². The minimum Gasteiger partial charge on any atom is -0.454 e. The molecule has 7 heteroatoms. The highest BCUT2D eigenvalue weighted by Gasteiger charge is 2.11. The van der Waals surface area contributed by atoms with Gasteiger partial charge in [-0.2, -0.15) is 0 Å². The summed E-state index contributed by atoms with van der Waals surface area (Å²) in [6, 6.07) is 11.3. The van der Waals surface area contributed by atoms with E-state index in [2.05, 4.69) is 15.1 Å². The number of nitrogens with zero attached hydrogens (tertiary/aromatic N) is 2. The molecule has 0 saturated carbocycles. The molecule has 0 aliphatic heterocycles. The minimum absolute atomic E-state index is 0.254. The van der Waals surface area contributed by atoms with E-state index in [1.807, 2.05) is 37.0 Å². The molecule has 2 heterocycles. The Hall–Kier alpha value is -2.59. The molecule has 0 aliphatic rings. The summed E-state index contributed by atoms with van der Waals surface area (Å²) in [4.78, 5) is 8.49. The summed E-state index contributed by atoms with van der Waals surface area (Å²) < 4.78 is 5.97. The van der Waals surface area contributed by atoms with E-state index in [9.17, 15) is 0 Å². The minimum atomic E-state index is 0.254. The number of pyridine rings is 2. The van der Waals surface area contributed by atoms with Crippen molar-refractivity contribution in [2.45, 2.75) is 0 Å². The molecule has 0 fully saturated rings. The van der Waals surface area contributed by atoms with Gasteiger partial charge in [-0.25, -0.2) is 9.97 Å². The standard InChI is InChI=1S/C15H16N5OP/c1-22-20-13-8-12(9-4-2-3-5-10(9)19-13)21-11-6-7-18-15(17)14(11)16/h2-8,22H,16H2,1H3,(H2,17,18)(H,19,20). The first-order chi connectivity index (χ1) is 10.7. The number of anilines is 3. The van der Waals surface area contributed by atoms with Crippen molar-refractivity contribution in [1.29, 1.82) is 0 Å². The van der Waals surface area contributed by atoms with Crippen LogP contribution in [0.25, 0.3) is 10.9 Å². The van der Waals surface area contributed by atoms with Crippen molar-refractivity contribution in [1.82, 2.24) is 9.97 Å². The van der Waals surface area contributed by atoms with Gasteiger partial charge in [0.1, 0.15) is 23.1 Å². The van der Waals surface area contributed by atoms with Gasteiger partial charge in [0.15, 0.2) is 5.75 Å². The fraction of sp³-hybridized carbons (Fsp3) is 0.0667. The Morgan fingerprint density at radius 1 is 1.14 bits per heavy atom. The zero-order valence-corrected chi connectivity index (χ0v) is 13.0. The van der Waals surface area contributed by atoms with Crippen LogP contribution in [-0.4, -0.2) is 16.6 Å². The second kappa shape index (κ2) is 6.03. The van der Waals surface area contributed by atoms with E-state index < -0.39 is 0 Å². The third-order valence-electron chi connectivity index (χ3n) is 3.13. The number of nitrogen functional groups attached to an aromatic ring is 2. The first-order valence-electron chi connectivity index (χ1n) is 6.69. The highest BCUT2D eigenvalue weighted by molar-refractivity contribution is 7.38. The number of nitrogens with two attached hydrogens (primary N) is 2. The number of hydrogen-bond donors (Lipinski definition) is 3. The Morgan fingerprint density at radius 2 is 1.95 bits per heavy atom. The topological polar surface area (TPSA) is 99.1 Å². The lowest BCUT2D eigenvalue weighted by Crippen LogP contribution is -2.00. The maximum atomic E-state index is 5.97. The molecule has 3 aromatic rings. The van der Waals surface area contributed by atoms with Crippen molar-refractivity contribution in [3.8, 4) is 11.5 Å². The van der Waals surface area contributed by atoms with Gasteiger partial charge >= 0.3 is 0 Å². The highest BCUT2D eigenvalue weighted by Crippen LogP contribution is 2.35. The van der Waals surface area contributed by atoms with Crippen LogP contribution >= 0.6 is 8.73 Å². The van der Waals surface area contributed by atoms with Crippen molar-refractivity contribution in [3.05, 3.63) is 42.6 Å². The molecule has 3 rings (SSSR count). The zero-order valence-electron chi connectivity index (χ0n) is 12.0. The van der Waals surface area contributed by atoms with Crippen LogP contribution in [0.3, 0.4) is 0 Å². The summed E-state index contributed by atoms with van der Waals surface area (Å²) in [5.41, 5.74) is 12.8. The van der Waals surface area contributed by atoms with Gasteiger partial charge in [0.05, 0.1) is 5.52 Å². The van der Waals surface area contributed by atoms with Crippen molar-refractivity contribution in [3.63, 3.8) is 0 Å². The number of fused-ring (bicyclic) bond motifs is 1. The number of para-hydroxylation sites is 1. The average molecular weight is 313 g/mol. The summed E-state index contributed by atoms with van der Waals surface area (Å²) in [5.74, 6) is 2.16. The number of ether oxygens (including phenoxy) is 1. The van der Waals surface area contributed by atoms with E-state index in [1.54, 1.807) is 12.3 Å². The Morgan fingerprint density at radius 3 is 2.77 bits per heavy atom. The van der Waals surface area contributed by atoms with E-state index in [1.165, 1.54) is 0 Å². The van der Waals surface area contributed by atoms with Crippen LogP contribution in [0, 0.1) is 0 Å². The van der Waals surface area contributed by atoms with Crippen LogP contribution in [0.1, 0.15) is 0 Å². The van der Waals surface area contributed by atoms with E-state index in [0.29, 0.717) is 25.9 Å². The maximum Gasteiger partial charge on any atom is 0.155 e. The number of hydrogen-bond acceptors (Lipinski definition) is 6. The fourth-order valence-corrected chi connectivity index (χ4v) is 2.48. The Balaban J connectivity index is 2.10. The molecule has 1 atom stereocenters. The first-order valence-corrected chi connectivity index (χ1v) is 8.19. The third-order valence-corrected chi connectivity index (χ3v) is 3.64. The quantitative estimate of drug-likeness (QED) is 0.640. The second-order valence-electron chi connectivity index (χ2n) is 4.61. The number of aromatic nitrogens is 2. The molecule has 1 aromatic carbocycles. The highest BCUT2D eigenvalue weighted by atomic mass is 31.1. The van der Waals surface area contributed by atoms with E-state index >= 15 is 0 Å². The molecule has 0 saturated heterocycles. The van der Waals surface area contributed by atoms with Crippen LogP contribution in [0.2, 0.25) is 0 Å². The summed E-state index contributed by atoms with van der Waals surface area (Å²) >= 11 is 0. The second-order valence-corrected chi connectivity index (χ2v) is 5.36. The summed E-state index contributed by atoms with van der Waals surface area (Å²) in [6.07, 6.45) is 1.57. The van der Waals surface area contributed by atoms with Crippen molar-refractivity contribution in [2.75, 3.05) is 23.2 Å². The SMILES string of the molecule is CPNc1cc(Oc2ccnc(N)c2N)c2ccccc2n1. The molecular formula is C15H16N5OP. The molecule has 112 valence electrons. The molecule has 6 nitrogen and oxygen atoms in total. The Labute approximate surface area is 129 Å². The summed E-state index contributed by atoms with van der Waals surface area (Å²) in [6.45, 7) is 2.04. The number of benzene rings is 1. The van der Waals surface area contributed by atoms with E-state index in [0.717, 1.165) is 16.7 Å². The predicted molar refractivity (Wildman–Crippen MR) is 92.7 cm³/mol. The largest absolute Gasteiger partial charge is 0.454 e. The van der Waals surface area contributed by atoms with Gasteiger partial charge in [-0.05, 0) is 27.5 Å². The summed E-state index contributed by atoms with van der Waals surface area (Å²) in [5, 5.41) is 4.13. The van der Waals surface area contributed by atoms with Gasteiger partial charge in [0, 0.05) is 23.7 Å². The molecule has 0 aliphatic carbocycles. The molecule has 0 radical (unpaired) electrons. The van der Waals surface area contributed by atoms with Crippen LogP contribution in [0.4, 0.5) is 17.3 Å². The summed E-state index contributed by atoms with van der Waals surface area (Å²) in [7, 11) is 0.544. The van der Waals surface area contributed by atoms with Gasteiger partial charge in [-0.1, -0.05) is 12.1 Å². The van der Waals surface area contributed by atoms with Crippen LogP contribution < -0.4 is 21.3 Å². The van der Waals surface area contributed by atoms with E-state index in [-0.39, 0.29) is 5.82 Å². The first kappa shape index (κ1) is 14.4. The average Bonchev–Trinajstić information content (AvgIpc) is 2.52. The van der Waals surface area contributed by atoms with Crippen molar-refractivity contribution < 1.29 is 4.74 Å². The monoisotopic (exact) mass is 313 g/mol. The van der Waals surface area contributed by atoms with Crippen LogP contribution in [-0.2, 0) is 0 Å². The van der Waals surface area contributed by atoms with E-state index in [4.69, 9.17) is 16.2 Å². The lowest BCUT2D eigenvalue weighted by atomic mass is 10.2. The molecule has 2 aromatic heterocycles. The van der Waals surface area contributed by atoms with Gasteiger partial charge in [0.25, 0.3) is 0 Å². The predicted octanol–water partition coefficient (Wildman–Crippen LogP) is 3.22. The molecule has 22 heavy (non-hydrogen) atoms. The lowest BCUT2D eigenvalue weighted by molar-refractivity contribution is 0.490. The molecular weight excluding hydrogens is 297 g/mol. The molecule has 0 spiro atoms. The van der Waals surface area contributed by atoms with Crippen LogP contribution in [0.15, 0.2) is 42.6 Å². The Kier molecular flexibility index (Phi) is 3.94. The third kappa shape index (κ3) is 2.73. The molecule has 1 unspecified atom stereocenters. The van der Waals surface area contributed by atoms with Crippen molar-refractivity contribution in [2.24, 2.45) is 0 Å². The smallest absolute Gasteiger partial charge is 0.155 e. The van der Waals surface area contributed by atoms with Gasteiger partial charge < -0.3 is 21.3 Å². The van der Waals surface area contributed by atoms with Crippen LogP contribution in [0.5, 0.6) is 11.5 Å². The molecule has 0 amide bonds. The Bertz CT molecular complexity index is 824. The molecule has 5 N–H and O–H groups in total. The normalized spacial score (nSPS) is 11.1. The zero-order chi connectivity index (χ0) is 15.5. The number of rotatable bonds is 4. The fourth-order valence-electron chi connectivity index (χ4n) is 2.10.